The van der Waals surface area contributed by atoms with Crippen LogP contribution in [0.3, 0.4) is 0 Å². The summed E-state index contributed by atoms with van der Waals surface area (Å²) in [5.74, 6) is -0.435. The van der Waals surface area contributed by atoms with Crippen LogP contribution >= 0.6 is 0 Å². The first kappa shape index (κ1) is 11.9. The lowest BCUT2D eigenvalue weighted by Gasteiger charge is -2.10. The van der Waals surface area contributed by atoms with Crippen LogP contribution in [0.25, 0.3) is 32.9 Å². The van der Waals surface area contributed by atoms with Crippen molar-refractivity contribution < 1.29 is 9.50 Å². The Labute approximate surface area is 119 Å². The predicted octanol–water partition coefficient (Wildman–Crippen LogP) is 4.23. The SMILES string of the molecule is Oc1ccc2ccccc2c1-c1ncc2cc[nH]c2c1F. The number of hydrogen-bond donors (Lipinski definition) is 2. The summed E-state index contributed by atoms with van der Waals surface area (Å²) in [6, 6.07) is 12.7. The molecule has 0 radical (unpaired) electrons. The highest BCUT2D eigenvalue weighted by Crippen LogP contribution is 2.37. The monoisotopic (exact) mass is 278 g/mol. The quantitative estimate of drug-likeness (QED) is 0.547. The number of aromatic amines is 1. The van der Waals surface area contributed by atoms with Gasteiger partial charge in [-0.15, -0.1) is 0 Å². The third kappa shape index (κ3) is 1.69. The molecule has 0 fully saturated rings. The minimum atomic E-state index is -0.454. The summed E-state index contributed by atoms with van der Waals surface area (Å²) >= 11 is 0. The Balaban J connectivity index is 2.13. The Morgan fingerprint density at radius 3 is 2.76 bits per heavy atom. The van der Waals surface area contributed by atoms with Crippen LogP contribution in [0.5, 0.6) is 5.75 Å². The van der Waals surface area contributed by atoms with E-state index < -0.39 is 5.82 Å². The lowest BCUT2D eigenvalue weighted by atomic mass is 10.00. The van der Waals surface area contributed by atoms with E-state index >= 15 is 0 Å². The zero-order valence-corrected chi connectivity index (χ0v) is 11.0. The number of pyridine rings is 1. The van der Waals surface area contributed by atoms with E-state index in [1.165, 1.54) is 0 Å². The zero-order valence-electron chi connectivity index (χ0n) is 11.0. The molecule has 4 heteroatoms. The maximum absolute atomic E-state index is 14.7. The Morgan fingerprint density at radius 2 is 1.86 bits per heavy atom. The number of halogens is 1. The van der Waals surface area contributed by atoms with Gasteiger partial charge in [0.2, 0.25) is 0 Å². The first-order valence-electron chi connectivity index (χ1n) is 6.58. The van der Waals surface area contributed by atoms with Crippen molar-refractivity contribution in [3.8, 4) is 17.0 Å². The van der Waals surface area contributed by atoms with E-state index in [1.807, 2.05) is 24.3 Å². The molecule has 2 aromatic heterocycles. The molecular weight excluding hydrogens is 267 g/mol. The summed E-state index contributed by atoms with van der Waals surface area (Å²) in [4.78, 5) is 7.07. The first-order valence-corrected chi connectivity index (χ1v) is 6.58. The number of phenolic OH excluding ortho intramolecular Hbond substituents is 1. The molecule has 0 saturated carbocycles. The van der Waals surface area contributed by atoms with Gasteiger partial charge in [0.05, 0.1) is 11.1 Å². The second-order valence-corrected chi connectivity index (χ2v) is 4.91. The number of phenols is 1. The van der Waals surface area contributed by atoms with Crippen LogP contribution in [0.1, 0.15) is 0 Å². The minimum Gasteiger partial charge on any atom is -0.507 e. The van der Waals surface area contributed by atoms with Crippen LogP contribution in [0, 0.1) is 5.82 Å². The number of nitrogens with one attached hydrogen (secondary N) is 1. The molecule has 0 bridgehead atoms. The van der Waals surface area contributed by atoms with Gasteiger partial charge in [0, 0.05) is 17.8 Å². The van der Waals surface area contributed by atoms with E-state index in [0.717, 1.165) is 10.8 Å². The molecule has 0 unspecified atom stereocenters. The van der Waals surface area contributed by atoms with Crippen molar-refractivity contribution in [2.24, 2.45) is 0 Å². The predicted molar refractivity (Wildman–Crippen MR) is 80.7 cm³/mol. The molecule has 0 aliphatic carbocycles. The first-order chi connectivity index (χ1) is 10.3. The fourth-order valence-corrected chi connectivity index (χ4v) is 2.67. The van der Waals surface area contributed by atoms with Gasteiger partial charge in [0.25, 0.3) is 0 Å². The van der Waals surface area contributed by atoms with Gasteiger partial charge < -0.3 is 10.1 Å². The van der Waals surface area contributed by atoms with Gasteiger partial charge in [-0.05, 0) is 22.9 Å². The third-order valence-corrected chi connectivity index (χ3v) is 3.68. The molecular formula is C17H11FN2O. The molecule has 4 rings (SSSR count). The van der Waals surface area contributed by atoms with Gasteiger partial charge in [-0.3, -0.25) is 4.98 Å². The van der Waals surface area contributed by atoms with Gasteiger partial charge in [-0.2, -0.15) is 0 Å². The van der Waals surface area contributed by atoms with Gasteiger partial charge in [-0.25, -0.2) is 4.39 Å². The van der Waals surface area contributed by atoms with Crippen LogP contribution in [-0.4, -0.2) is 15.1 Å². The van der Waals surface area contributed by atoms with Gasteiger partial charge in [0.15, 0.2) is 5.82 Å². The maximum atomic E-state index is 14.7. The zero-order chi connectivity index (χ0) is 14.4. The molecule has 0 spiro atoms. The Hall–Kier alpha value is -2.88. The lowest BCUT2D eigenvalue weighted by Crippen LogP contribution is -1.92. The van der Waals surface area contributed by atoms with Gasteiger partial charge >= 0.3 is 0 Å². The van der Waals surface area contributed by atoms with Crippen molar-refractivity contribution in [3.63, 3.8) is 0 Å². The molecule has 2 heterocycles. The fraction of sp³-hybridized carbons (Fsp3) is 0. The number of aromatic nitrogens is 2. The Kier molecular flexibility index (Phi) is 2.44. The number of hydrogen-bond acceptors (Lipinski definition) is 2. The molecule has 2 aromatic carbocycles. The number of rotatable bonds is 1. The minimum absolute atomic E-state index is 0.0195. The van der Waals surface area contributed by atoms with Crippen molar-refractivity contribution in [1.29, 1.82) is 0 Å². The standard InChI is InChI=1S/C17H11FN2O/c18-15-16-11(7-8-19-16)9-20-17(15)14-12-4-2-1-3-10(12)5-6-13(14)21/h1-9,19,21H. The van der Waals surface area contributed by atoms with E-state index in [9.17, 15) is 9.50 Å². The van der Waals surface area contributed by atoms with Gasteiger partial charge in [-0.1, -0.05) is 30.3 Å². The smallest absolute Gasteiger partial charge is 0.173 e. The summed E-state index contributed by atoms with van der Waals surface area (Å²) < 4.78 is 14.7. The van der Waals surface area contributed by atoms with E-state index in [-0.39, 0.29) is 11.4 Å². The normalized spacial score (nSPS) is 11.3. The summed E-state index contributed by atoms with van der Waals surface area (Å²) in [6.07, 6.45) is 3.27. The number of aromatic hydroxyl groups is 1. The van der Waals surface area contributed by atoms with E-state index in [2.05, 4.69) is 9.97 Å². The molecule has 0 aliphatic heterocycles. The molecule has 102 valence electrons. The molecule has 0 atom stereocenters. The van der Waals surface area contributed by atoms with E-state index in [0.29, 0.717) is 16.5 Å². The summed E-state index contributed by atoms with van der Waals surface area (Å²) in [5, 5.41) is 12.6. The molecule has 0 saturated heterocycles. The second-order valence-electron chi connectivity index (χ2n) is 4.91. The van der Waals surface area contributed by atoms with E-state index in [4.69, 9.17) is 0 Å². The second kappa shape index (κ2) is 4.31. The van der Waals surface area contributed by atoms with Crippen LogP contribution in [-0.2, 0) is 0 Å². The lowest BCUT2D eigenvalue weighted by molar-refractivity contribution is 0.477. The van der Waals surface area contributed by atoms with Crippen molar-refractivity contribution in [1.82, 2.24) is 9.97 Å². The van der Waals surface area contributed by atoms with Crippen molar-refractivity contribution >= 4 is 21.7 Å². The average molecular weight is 278 g/mol. The molecule has 21 heavy (non-hydrogen) atoms. The van der Waals surface area contributed by atoms with Crippen molar-refractivity contribution in [2.75, 3.05) is 0 Å². The van der Waals surface area contributed by atoms with Crippen molar-refractivity contribution in [2.45, 2.75) is 0 Å². The molecule has 4 aromatic rings. The van der Waals surface area contributed by atoms with Crippen LogP contribution in [0.4, 0.5) is 4.39 Å². The highest BCUT2D eigenvalue weighted by atomic mass is 19.1. The summed E-state index contributed by atoms with van der Waals surface area (Å²) in [6.45, 7) is 0. The summed E-state index contributed by atoms with van der Waals surface area (Å²) in [7, 11) is 0. The average Bonchev–Trinajstić information content (AvgIpc) is 2.98. The Morgan fingerprint density at radius 1 is 1.00 bits per heavy atom. The number of benzene rings is 2. The fourth-order valence-electron chi connectivity index (χ4n) is 2.67. The highest BCUT2D eigenvalue weighted by Gasteiger charge is 2.17. The molecule has 0 aliphatic rings. The third-order valence-electron chi connectivity index (χ3n) is 3.68. The van der Waals surface area contributed by atoms with Crippen molar-refractivity contribution in [3.05, 3.63) is 60.7 Å². The number of H-pyrrole nitrogens is 1. The number of fused-ring (bicyclic) bond motifs is 2. The topological polar surface area (TPSA) is 48.9 Å². The maximum Gasteiger partial charge on any atom is 0.173 e. The van der Waals surface area contributed by atoms with Gasteiger partial charge in [0.1, 0.15) is 11.4 Å². The molecule has 3 nitrogen and oxygen atoms in total. The molecule has 2 N–H and O–H groups in total. The highest BCUT2D eigenvalue weighted by molar-refractivity contribution is 6.00. The summed E-state index contributed by atoms with van der Waals surface area (Å²) in [5.41, 5.74) is 0.966. The largest absolute Gasteiger partial charge is 0.507 e. The van der Waals surface area contributed by atoms with Crippen LogP contribution in [0.2, 0.25) is 0 Å². The van der Waals surface area contributed by atoms with E-state index in [1.54, 1.807) is 30.6 Å². The Bertz CT molecular complexity index is 975. The van der Waals surface area contributed by atoms with Crippen LogP contribution < -0.4 is 0 Å². The van der Waals surface area contributed by atoms with Crippen LogP contribution in [0.15, 0.2) is 54.9 Å². The number of nitrogens with zero attached hydrogens (tertiary/aromatic N) is 1. The molecule has 0 amide bonds.